The zero-order valence-electron chi connectivity index (χ0n) is 19.6. The molecule has 2 heterocycles. The summed E-state index contributed by atoms with van der Waals surface area (Å²) >= 11 is 0. The summed E-state index contributed by atoms with van der Waals surface area (Å²) in [7, 11) is 1.58. The van der Waals surface area contributed by atoms with Crippen molar-refractivity contribution in [2.45, 2.75) is 33.2 Å². The van der Waals surface area contributed by atoms with Gasteiger partial charge in [-0.1, -0.05) is 38.1 Å². The van der Waals surface area contributed by atoms with Gasteiger partial charge in [-0.3, -0.25) is 4.57 Å². The van der Waals surface area contributed by atoms with Gasteiger partial charge in [-0.05, 0) is 49.1 Å². The van der Waals surface area contributed by atoms with Crippen molar-refractivity contribution in [1.29, 1.82) is 0 Å². The molecule has 2 aromatic carbocycles. The number of methoxy groups -OCH3 is 1. The van der Waals surface area contributed by atoms with Gasteiger partial charge in [-0.2, -0.15) is 0 Å². The lowest BCUT2D eigenvalue weighted by molar-refractivity contribution is -0.140. The smallest absolute Gasteiger partial charge is 0.338 e. The molecule has 0 spiro atoms. The van der Waals surface area contributed by atoms with Crippen molar-refractivity contribution in [3.8, 4) is 5.75 Å². The Morgan fingerprint density at radius 3 is 2.73 bits per heavy atom. The highest BCUT2D eigenvalue weighted by Gasteiger charge is 2.35. The third-order valence-electron chi connectivity index (χ3n) is 5.71. The van der Waals surface area contributed by atoms with Crippen LogP contribution in [0, 0.1) is 5.92 Å². The van der Waals surface area contributed by atoms with E-state index in [4.69, 9.17) is 19.2 Å². The summed E-state index contributed by atoms with van der Waals surface area (Å²) < 4.78 is 18.7. The molecule has 0 radical (unpaired) electrons. The average Bonchev–Trinajstić information content (AvgIpc) is 3.16. The fourth-order valence-electron chi connectivity index (χ4n) is 4.03. The minimum atomic E-state index is -0.405. The molecule has 1 N–H and O–H groups in total. The quantitative estimate of drug-likeness (QED) is 0.368. The van der Waals surface area contributed by atoms with Gasteiger partial charge in [0.1, 0.15) is 12.4 Å². The first kappa shape index (κ1) is 22.9. The Morgan fingerprint density at radius 2 is 1.94 bits per heavy atom. The maximum atomic E-state index is 13.2. The maximum absolute atomic E-state index is 13.2. The number of carbonyl (C=O) groups excluding carboxylic acids is 1. The lowest BCUT2D eigenvalue weighted by atomic mass is 9.95. The van der Waals surface area contributed by atoms with Gasteiger partial charge in [0.2, 0.25) is 5.95 Å². The highest BCUT2D eigenvalue weighted by atomic mass is 16.6. The molecule has 7 nitrogen and oxygen atoms in total. The molecule has 0 fully saturated rings. The monoisotopic (exact) mass is 449 g/mol. The fourth-order valence-corrected chi connectivity index (χ4v) is 4.03. The van der Waals surface area contributed by atoms with E-state index < -0.39 is 6.04 Å². The van der Waals surface area contributed by atoms with Crippen LogP contribution in [0.1, 0.15) is 38.8 Å². The van der Waals surface area contributed by atoms with Crippen molar-refractivity contribution in [1.82, 2.24) is 9.55 Å². The number of para-hydroxylation sites is 2. The summed E-state index contributed by atoms with van der Waals surface area (Å²) in [5.41, 5.74) is 3.99. The Labute approximate surface area is 194 Å². The highest BCUT2D eigenvalue weighted by Crippen LogP contribution is 2.40. The standard InChI is InChI=1S/C26H31N3O4/c1-17(2)12-13-32-20-9-7-8-19(16-20)24-23(25(30)33-15-14-31-4)18(3)27-26-28-21-10-5-6-11-22(21)29(24)26/h5-11,16-17,24H,12-15H2,1-4H3,(H,27,28)/t24-/m0/s1. The first-order valence-corrected chi connectivity index (χ1v) is 11.3. The number of imidazole rings is 1. The number of aromatic nitrogens is 2. The third kappa shape index (κ3) is 4.88. The van der Waals surface area contributed by atoms with E-state index in [0.717, 1.165) is 34.5 Å². The molecule has 1 atom stereocenters. The van der Waals surface area contributed by atoms with Gasteiger partial charge >= 0.3 is 5.97 Å². The molecule has 1 aliphatic heterocycles. The van der Waals surface area contributed by atoms with E-state index in [0.29, 0.717) is 30.7 Å². The number of nitrogens with one attached hydrogen (secondary N) is 1. The lowest BCUT2D eigenvalue weighted by Gasteiger charge is -2.30. The molecule has 33 heavy (non-hydrogen) atoms. The number of fused-ring (bicyclic) bond motifs is 3. The molecule has 0 saturated heterocycles. The number of esters is 1. The Morgan fingerprint density at radius 1 is 1.12 bits per heavy atom. The van der Waals surface area contributed by atoms with Gasteiger partial charge in [0.15, 0.2) is 0 Å². The largest absolute Gasteiger partial charge is 0.494 e. The molecule has 1 aromatic heterocycles. The molecule has 174 valence electrons. The fraction of sp³-hybridized carbons (Fsp3) is 0.385. The Kier molecular flexibility index (Phi) is 6.99. The third-order valence-corrected chi connectivity index (χ3v) is 5.71. The predicted molar refractivity (Wildman–Crippen MR) is 128 cm³/mol. The van der Waals surface area contributed by atoms with Crippen molar-refractivity contribution in [3.05, 3.63) is 65.4 Å². The Bertz CT molecular complexity index is 1170. The highest BCUT2D eigenvalue weighted by molar-refractivity contribution is 5.94. The molecule has 1 aliphatic rings. The minimum absolute atomic E-state index is 0.189. The predicted octanol–water partition coefficient (Wildman–Crippen LogP) is 4.94. The summed E-state index contributed by atoms with van der Waals surface area (Å²) in [5, 5.41) is 3.30. The number of allylic oxidation sites excluding steroid dienone is 1. The van der Waals surface area contributed by atoms with Crippen molar-refractivity contribution in [2.24, 2.45) is 5.92 Å². The number of rotatable bonds is 9. The van der Waals surface area contributed by atoms with E-state index in [1.165, 1.54) is 0 Å². The van der Waals surface area contributed by atoms with E-state index in [1.54, 1.807) is 7.11 Å². The Balaban J connectivity index is 1.77. The van der Waals surface area contributed by atoms with Crippen molar-refractivity contribution >= 4 is 23.0 Å². The van der Waals surface area contributed by atoms with Gasteiger partial charge in [0.05, 0.1) is 35.9 Å². The number of hydrogen-bond acceptors (Lipinski definition) is 6. The van der Waals surface area contributed by atoms with E-state index in [9.17, 15) is 4.79 Å². The van der Waals surface area contributed by atoms with E-state index in [2.05, 4.69) is 23.7 Å². The first-order valence-electron chi connectivity index (χ1n) is 11.3. The van der Waals surface area contributed by atoms with Crippen molar-refractivity contribution in [2.75, 3.05) is 32.2 Å². The van der Waals surface area contributed by atoms with Crippen LogP contribution in [0.3, 0.4) is 0 Å². The van der Waals surface area contributed by atoms with Crippen LogP contribution in [-0.4, -0.2) is 42.5 Å². The minimum Gasteiger partial charge on any atom is -0.494 e. The zero-order valence-corrected chi connectivity index (χ0v) is 19.6. The lowest BCUT2D eigenvalue weighted by Crippen LogP contribution is -2.29. The second-order valence-electron chi connectivity index (χ2n) is 8.59. The van der Waals surface area contributed by atoms with Crippen LogP contribution in [0.4, 0.5) is 5.95 Å². The summed E-state index contributed by atoms with van der Waals surface area (Å²) in [6, 6.07) is 15.4. The van der Waals surface area contributed by atoms with E-state index in [1.807, 2.05) is 55.5 Å². The Hall–Kier alpha value is -3.32. The van der Waals surface area contributed by atoms with Crippen LogP contribution >= 0.6 is 0 Å². The summed E-state index contributed by atoms with van der Waals surface area (Å²) in [6.45, 7) is 7.41. The summed E-state index contributed by atoms with van der Waals surface area (Å²) in [6.07, 6.45) is 0.976. The number of anilines is 1. The van der Waals surface area contributed by atoms with Crippen LogP contribution < -0.4 is 10.1 Å². The molecule has 0 unspecified atom stereocenters. The van der Waals surface area contributed by atoms with Gasteiger partial charge in [0, 0.05) is 12.8 Å². The number of nitrogens with zero attached hydrogens (tertiary/aromatic N) is 2. The van der Waals surface area contributed by atoms with E-state index >= 15 is 0 Å². The summed E-state index contributed by atoms with van der Waals surface area (Å²) in [4.78, 5) is 18.0. The average molecular weight is 450 g/mol. The number of carbonyl (C=O) groups is 1. The van der Waals surface area contributed by atoms with Gasteiger partial charge in [0.25, 0.3) is 0 Å². The molecule has 7 heteroatoms. The van der Waals surface area contributed by atoms with Crippen LogP contribution in [0.25, 0.3) is 11.0 Å². The second-order valence-corrected chi connectivity index (χ2v) is 8.59. The van der Waals surface area contributed by atoms with Gasteiger partial charge < -0.3 is 19.5 Å². The molecule has 0 aliphatic carbocycles. The molecular weight excluding hydrogens is 418 g/mol. The molecule has 3 aromatic rings. The molecule has 0 bridgehead atoms. The SMILES string of the molecule is COCCOC(=O)C1=C(C)Nc2nc3ccccc3n2[C@H]1c1cccc(OCCC(C)C)c1. The van der Waals surface area contributed by atoms with Crippen LogP contribution in [0.2, 0.25) is 0 Å². The van der Waals surface area contributed by atoms with Crippen LogP contribution in [0.15, 0.2) is 59.8 Å². The molecule has 4 rings (SSSR count). The normalized spacial score (nSPS) is 15.5. The summed E-state index contributed by atoms with van der Waals surface area (Å²) in [5.74, 6) is 1.66. The van der Waals surface area contributed by atoms with Crippen molar-refractivity contribution in [3.63, 3.8) is 0 Å². The molecule has 0 saturated carbocycles. The molecule has 0 amide bonds. The zero-order chi connectivity index (χ0) is 23.4. The number of ether oxygens (including phenoxy) is 3. The van der Waals surface area contributed by atoms with Gasteiger partial charge in [-0.15, -0.1) is 0 Å². The number of benzene rings is 2. The first-order chi connectivity index (χ1) is 16.0. The van der Waals surface area contributed by atoms with Crippen LogP contribution in [0.5, 0.6) is 5.75 Å². The maximum Gasteiger partial charge on any atom is 0.338 e. The van der Waals surface area contributed by atoms with E-state index in [-0.39, 0.29) is 12.6 Å². The van der Waals surface area contributed by atoms with Crippen molar-refractivity contribution < 1.29 is 19.0 Å². The van der Waals surface area contributed by atoms with Crippen LogP contribution in [-0.2, 0) is 14.3 Å². The second kappa shape index (κ2) is 10.1. The van der Waals surface area contributed by atoms with Gasteiger partial charge in [-0.25, -0.2) is 9.78 Å². The molecular formula is C26H31N3O4. The number of hydrogen-bond donors (Lipinski definition) is 1. The topological polar surface area (TPSA) is 74.6 Å².